The fourth-order valence-electron chi connectivity index (χ4n) is 4.67. The van der Waals surface area contributed by atoms with Crippen molar-refractivity contribution in [3.05, 3.63) is 78.1 Å². The van der Waals surface area contributed by atoms with E-state index in [4.69, 9.17) is 9.47 Å². The number of sulfonamides is 1. The van der Waals surface area contributed by atoms with Crippen LogP contribution in [0.4, 0.5) is 5.69 Å². The Morgan fingerprint density at radius 1 is 1.18 bits per heavy atom. The maximum absolute atomic E-state index is 13.7. The zero-order valence-corrected chi connectivity index (χ0v) is 24.0. The molecule has 1 aromatic heterocycles. The number of aliphatic hydroxyl groups is 1. The third-order valence-electron chi connectivity index (χ3n) is 7.00. The van der Waals surface area contributed by atoms with Gasteiger partial charge >= 0.3 is 0 Å². The second kappa shape index (κ2) is 12.7. The van der Waals surface area contributed by atoms with E-state index in [1.165, 1.54) is 19.2 Å². The molecule has 3 unspecified atom stereocenters. The lowest BCUT2D eigenvalue weighted by Gasteiger charge is -2.38. The van der Waals surface area contributed by atoms with Crippen LogP contribution >= 0.6 is 0 Å². The molecule has 0 spiro atoms. The number of anilines is 1. The molecule has 0 fully saturated rings. The van der Waals surface area contributed by atoms with Crippen LogP contribution < -0.4 is 14.2 Å². The molecule has 2 heterocycles. The molecular formula is C29H36N4O6S. The van der Waals surface area contributed by atoms with Crippen LogP contribution in [0, 0.1) is 5.92 Å². The van der Waals surface area contributed by atoms with E-state index in [9.17, 15) is 18.3 Å². The number of rotatable bonds is 10. The Morgan fingerprint density at radius 3 is 2.52 bits per heavy atom. The summed E-state index contributed by atoms with van der Waals surface area (Å²) in [5.41, 5.74) is 1.48. The summed E-state index contributed by atoms with van der Waals surface area (Å²) < 4.78 is 40.9. The highest BCUT2D eigenvalue weighted by atomic mass is 32.2. The summed E-state index contributed by atoms with van der Waals surface area (Å²) in [6.45, 7) is 5.11. The zero-order chi connectivity index (χ0) is 28.9. The smallest absolute Gasteiger partial charge is 0.262 e. The number of hydrogen-bond donors (Lipinski definition) is 2. The molecule has 40 heavy (non-hydrogen) atoms. The lowest BCUT2D eigenvalue weighted by molar-refractivity contribution is 0.0344. The lowest BCUT2D eigenvalue weighted by atomic mass is 9.99. The number of nitrogens with one attached hydrogen (secondary N) is 1. The van der Waals surface area contributed by atoms with Crippen molar-refractivity contribution in [2.75, 3.05) is 38.6 Å². The monoisotopic (exact) mass is 568 g/mol. The molecule has 1 aliphatic heterocycles. The molecule has 10 nitrogen and oxygen atoms in total. The number of carbonyl (C=O) groups excluding carboxylic acids is 1. The molecule has 2 aromatic carbocycles. The number of fused-ring (bicyclic) bond motifs is 1. The van der Waals surface area contributed by atoms with Gasteiger partial charge in [-0.3, -0.25) is 19.4 Å². The number of ether oxygens (including phenoxy) is 2. The number of pyridine rings is 1. The lowest BCUT2D eigenvalue weighted by Crippen LogP contribution is -2.49. The summed E-state index contributed by atoms with van der Waals surface area (Å²) in [5, 5.41) is 9.91. The van der Waals surface area contributed by atoms with E-state index in [1.807, 2.05) is 26.1 Å². The number of methoxy groups -OCH3 is 1. The first-order chi connectivity index (χ1) is 19.1. The number of aromatic nitrogens is 1. The number of benzene rings is 2. The molecule has 0 aliphatic carbocycles. The van der Waals surface area contributed by atoms with E-state index < -0.39 is 22.2 Å². The third-order valence-corrected chi connectivity index (χ3v) is 8.38. The molecule has 4 rings (SSSR count). The number of nitrogens with zero attached hydrogens (tertiary/aromatic N) is 3. The van der Waals surface area contributed by atoms with Gasteiger partial charge in [-0.15, -0.1) is 0 Å². The maximum Gasteiger partial charge on any atom is 0.262 e. The van der Waals surface area contributed by atoms with Crippen LogP contribution in [0.1, 0.15) is 29.8 Å². The molecule has 1 aliphatic rings. The Morgan fingerprint density at radius 2 is 1.88 bits per heavy atom. The van der Waals surface area contributed by atoms with Gasteiger partial charge in [0.2, 0.25) is 0 Å². The molecule has 0 radical (unpaired) electrons. The first-order valence-corrected chi connectivity index (χ1v) is 14.6. The summed E-state index contributed by atoms with van der Waals surface area (Å²) in [6, 6.07) is 14.3. The summed E-state index contributed by atoms with van der Waals surface area (Å²) in [5.74, 6) is 0.229. The van der Waals surface area contributed by atoms with E-state index in [-0.39, 0.29) is 40.3 Å². The molecule has 11 heteroatoms. The number of amides is 1. The first-order valence-electron chi connectivity index (χ1n) is 13.1. The number of hydrogen-bond acceptors (Lipinski definition) is 8. The Hall–Kier alpha value is -3.67. The van der Waals surface area contributed by atoms with Crippen LogP contribution in [0.3, 0.4) is 0 Å². The van der Waals surface area contributed by atoms with Crippen molar-refractivity contribution in [2.45, 2.75) is 37.4 Å². The van der Waals surface area contributed by atoms with E-state index >= 15 is 0 Å². The molecule has 3 aromatic rings. The highest BCUT2D eigenvalue weighted by Crippen LogP contribution is 2.36. The van der Waals surface area contributed by atoms with Gasteiger partial charge in [0.1, 0.15) is 11.9 Å². The molecular weight excluding hydrogens is 532 g/mol. The minimum absolute atomic E-state index is 0.0422. The second-order valence-corrected chi connectivity index (χ2v) is 11.8. The highest BCUT2D eigenvalue weighted by molar-refractivity contribution is 7.92. The van der Waals surface area contributed by atoms with Gasteiger partial charge in [-0.2, -0.15) is 0 Å². The van der Waals surface area contributed by atoms with Gasteiger partial charge in [-0.1, -0.05) is 13.0 Å². The van der Waals surface area contributed by atoms with Gasteiger partial charge in [-0.05, 0) is 68.1 Å². The molecule has 0 bridgehead atoms. The molecule has 214 valence electrons. The van der Waals surface area contributed by atoms with Crippen molar-refractivity contribution in [1.82, 2.24) is 14.8 Å². The minimum atomic E-state index is -4.01. The fourth-order valence-corrected chi connectivity index (χ4v) is 5.73. The van der Waals surface area contributed by atoms with Crippen molar-refractivity contribution in [3.8, 4) is 11.5 Å². The van der Waals surface area contributed by atoms with Crippen molar-refractivity contribution >= 4 is 21.6 Å². The molecule has 0 saturated carbocycles. The quantitative estimate of drug-likeness (QED) is 0.382. The van der Waals surface area contributed by atoms with Crippen LogP contribution in [-0.2, 0) is 16.6 Å². The Bertz CT molecular complexity index is 1400. The topological polar surface area (TPSA) is 121 Å². The van der Waals surface area contributed by atoms with Gasteiger partial charge in [0.15, 0.2) is 5.75 Å². The summed E-state index contributed by atoms with van der Waals surface area (Å²) in [6.07, 6.45) is 3.10. The zero-order valence-electron chi connectivity index (χ0n) is 23.1. The van der Waals surface area contributed by atoms with Gasteiger partial charge in [0.25, 0.3) is 15.9 Å². The molecule has 0 saturated heterocycles. The Labute approximate surface area is 235 Å². The summed E-state index contributed by atoms with van der Waals surface area (Å²) in [4.78, 5) is 21.6. The van der Waals surface area contributed by atoms with Crippen LogP contribution in [-0.4, -0.2) is 80.2 Å². The van der Waals surface area contributed by atoms with Crippen molar-refractivity contribution in [1.29, 1.82) is 0 Å². The van der Waals surface area contributed by atoms with E-state index in [0.717, 1.165) is 5.56 Å². The van der Waals surface area contributed by atoms with Gasteiger partial charge in [0.05, 0.1) is 35.9 Å². The molecule has 2 N–H and O–H groups in total. The summed E-state index contributed by atoms with van der Waals surface area (Å²) >= 11 is 0. The predicted octanol–water partition coefficient (Wildman–Crippen LogP) is 3.24. The first kappa shape index (κ1) is 29.3. The van der Waals surface area contributed by atoms with Crippen molar-refractivity contribution < 1.29 is 27.8 Å². The largest absolute Gasteiger partial charge is 0.497 e. The summed E-state index contributed by atoms with van der Waals surface area (Å²) in [7, 11) is -0.522. The predicted molar refractivity (Wildman–Crippen MR) is 152 cm³/mol. The Kier molecular flexibility index (Phi) is 9.28. The average molecular weight is 569 g/mol. The molecule has 1 amide bonds. The van der Waals surface area contributed by atoms with Crippen LogP contribution in [0.15, 0.2) is 71.9 Å². The van der Waals surface area contributed by atoms with Crippen LogP contribution in [0.25, 0.3) is 0 Å². The highest BCUT2D eigenvalue weighted by Gasteiger charge is 2.35. The number of aliphatic hydroxyl groups excluding tert-OH is 1. The number of para-hydroxylation sites is 1. The Balaban J connectivity index is 1.70. The van der Waals surface area contributed by atoms with Crippen molar-refractivity contribution in [2.24, 2.45) is 5.92 Å². The van der Waals surface area contributed by atoms with Gasteiger partial charge in [-0.25, -0.2) is 8.42 Å². The standard InChI is InChI=1S/C29H36N4O6S/c1-20-16-33(21(2)19-34)29(35)25-6-5-7-26(31-40(36,37)24-10-8-23(38-4)9-11-24)28(25)39-27(20)18-32(3)17-22-12-14-30-15-13-22/h5-15,20-21,27,31,34H,16-19H2,1-4H3. The van der Waals surface area contributed by atoms with Crippen molar-refractivity contribution in [3.63, 3.8) is 0 Å². The number of carbonyl (C=O) groups is 1. The van der Waals surface area contributed by atoms with Gasteiger partial charge < -0.3 is 19.5 Å². The second-order valence-electron chi connectivity index (χ2n) is 10.1. The van der Waals surface area contributed by atoms with Crippen LogP contribution in [0.2, 0.25) is 0 Å². The normalized spacial score (nSPS) is 18.4. The SMILES string of the molecule is COc1ccc(S(=O)(=O)Nc2cccc3c2OC(CN(C)Cc2ccncc2)C(C)CN(C(C)CO)C3=O)cc1. The van der Waals surface area contributed by atoms with Crippen LogP contribution in [0.5, 0.6) is 11.5 Å². The maximum atomic E-state index is 13.7. The van der Waals surface area contributed by atoms with E-state index in [1.54, 1.807) is 54.5 Å². The minimum Gasteiger partial charge on any atom is -0.497 e. The van der Waals surface area contributed by atoms with E-state index in [0.29, 0.717) is 25.4 Å². The van der Waals surface area contributed by atoms with E-state index in [2.05, 4.69) is 14.6 Å². The fraction of sp³-hybridized carbons (Fsp3) is 0.379. The van der Waals surface area contributed by atoms with Gasteiger partial charge in [0, 0.05) is 37.9 Å². The number of likely N-dealkylation sites (N-methyl/N-ethyl adjacent to an activating group) is 1. The average Bonchev–Trinajstić information content (AvgIpc) is 2.95. The molecule has 3 atom stereocenters. The third kappa shape index (κ3) is 6.72.